The van der Waals surface area contributed by atoms with Crippen LogP contribution in [0.3, 0.4) is 0 Å². The van der Waals surface area contributed by atoms with Crippen LogP contribution in [0.15, 0.2) is 18.2 Å². The van der Waals surface area contributed by atoms with Gasteiger partial charge in [0.05, 0.1) is 12.2 Å². The summed E-state index contributed by atoms with van der Waals surface area (Å²) in [5, 5.41) is 10.3. The molecule has 2 nitrogen and oxygen atoms in total. The van der Waals surface area contributed by atoms with E-state index < -0.39 is 0 Å². The summed E-state index contributed by atoms with van der Waals surface area (Å²) in [7, 11) is 0. The fourth-order valence-corrected chi connectivity index (χ4v) is 2.01. The summed E-state index contributed by atoms with van der Waals surface area (Å²) >= 11 is 6.05. The summed E-state index contributed by atoms with van der Waals surface area (Å²) in [6.45, 7) is 2.60. The normalized spacial score (nSPS) is 26.6. The Hall–Kier alpha value is -0.570. The molecule has 1 fully saturated rings. The van der Waals surface area contributed by atoms with Crippen LogP contribution < -0.4 is 0 Å². The van der Waals surface area contributed by atoms with Crippen LogP contribution in [-0.2, 0) is 4.74 Å². The lowest BCUT2D eigenvalue weighted by molar-refractivity contribution is -0.0447. The molecule has 1 N–H and O–H groups in total. The highest BCUT2D eigenvalue weighted by molar-refractivity contribution is 6.31. The fourth-order valence-electron chi connectivity index (χ4n) is 1.82. The zero-order chi connectivity index (χ0) is 10.8. The fraction of sp³-hybridized carbons (Fsp3) is 0.500. The minimum atomic E-state index is -0.246. The standard InChI is InChI=1S/C12H15ClO2/c1-8-2-3-9(6-11(8)13)12-7-10(14)4-5-15-12/h2-3,6,10,12,14H,4-5,7H2,1H3. The van der Waals surface area contributed by atoms with Crippen molar-refractivity contribution in [2.24, 2.45) is 0 Å². The molecule has 0 bridgehead atoms. The van der Waals surface area contributed by atoms with Gasteiger partial charge in [0, 0.05) is 18.1 Å². The maximum absolute atomic E-state index is 9.55. The highest BCUT2D eigenvalue weighted by atomic mass is 35.5. The van der Waals surface area contributed by atoms with Gasteiger partial charge in [0.25, 0.3) is 0 Å². The molecule has 0 amide bonds. The zero-order valence-electron chi connectivity index (χ0n) is 8.74. The number of rotatable bonds is 1. The zero-order valence-corrected chi connectivity index (χ0v) is 9.50. The Morgan fingerprint density at radius 2 is 2.27 bits per heavy atom. The molecule has 0 saturated carbocycles. The van der Waals surface area contributed by atoms with Crippen molar-refractivity contribution in [3.63, 3.8) is 0 Å². The number of hydrogen-bond acceptors (Lipinski definition) is 2. The molecule has 2 rings (SSSR count). The van der Waals surface area contributed by atoms with Gasteiger partial charge in [-0.05, 0) is 30.5 Å². The first kappa shape index (κ1) is 10.9. The molecule has 1 aliphatic rings. The predicted octanol–water partition coefficient (Wildman–Crippen LogP) is 2.86. The van der Waals surface area contributed by atoms with Gasteiger partial charge in [-0.3, -0.25) is 0 Å². The Morgan fingerprint density at radius 3 is 2.93 bits per heavy atom. The van der Waals surface area contributed by atoms with Crippen LogP contribution in [0.4, 0.5) is 0 Å². The molecule has 1 aromatic rings. The highest BCUT2D eigenvalue weighted by Gasteiger charge is 2.22. The van der Waals surface area contributed by atoms with Gasteiger partial charge >= 0.3 is 0 Å². The average molecular weight is 227 g/mol. The number of hydrogen-bond donors (Lipinski definition) is 1. The summed E-state index contributed by atoms with van der Waals surface area (Å²) in [6, 6.07) is 5.94. The molecule has 2 unspecified atom stereocenters. The minimum absolute atomic E-state index is 0.00755. The molecule has 1 aromatic carbocycles. The molecule has 15 heavy (non-hydrogen) atoms. The third kappa shape index (κ3) is 2.51. The third-order valence-electron chi connectivity index (χ3n) is 2.82. The molecule has 2 atom stereocenters. The summed E-state index contributed by atoms with van der Waals surface area (Å²) in [5.74, 6) is 0. The number of aryl methyl sites for hydroxylation is 1. The molecule has 0 aliphatic carbocycles. The van der Waals surface area contributed by atoms with Gasteiger partial charge in [-0.1, -0.05) is 23.7 Å². The average Bonchev–Trinajstić information content (AvgIpc) is 2.22. The van der Waals surface area contributed by atoms with E-state index in [1.807, 2.05) is 25.1 Å². The van der Waals surface area contributed by atoms with Gasteiger partial charge in [-0.2, -0.15) is 0 Å². The molecule has 1 aliphatic heterocycles. The van der Waals surface area contributed by atoms with Gasteiger partial charge in [-0.15, -0.1) is 0 Å². The first-order valence-electron chi connectivity index (χ1n) is 5.22. The summed E-state index contributed by atoms with van der Waals surface area (Å²) < 4.78 is 5.61. The number of benzene rings is 1. The molecule has 82 valence electrons. The van der Waals surface area contributed by atoms with Crippen molar-refractivity contribution in [3.8, 4) is 0 Å². The van der Waals surface area contributed by atoms with E-state index in [0.29, 0.717) is 13.0 Å². The molecular formula is C12H15ClO2. The number of halogens is 1. The SMILES string of the molecule is Cc1ccc(C2CC(O)CCO2)cc1Cl. The predicted molar refractivity (Wildman–Crippen MR) is 60.1 cm³/mol. The largest absolute Gasteiger partial charge is 0.393 e. The van der Waals surface area contributed by atoms with Crippen molar-refractivity contribution in [2.45, 2.75) is 32.0 Å². The summed E-state index contributed by atoms with van der Waals surface area (Å²) in [4.78, 5) is 0. The number of aliphatic hydroxyl groups is 1. The van der Waals surface area contributed by atoms with E-state index in [2.05, 4.69) is 0 Å². The second-order valence-corrected chi connectivity index (χ2v) is 4.45. The van der Waals surface area contributed by atoms with E-state index >= 15 is 0 Å². The minimum Gasteiger partial charge on any atom is -0.393 e. The van der Waals surface area contributed by atoms with Crippen LogP contribution in [0.25, 0.3) is 0 Å². The molecule has 0 spiro atoms. The van der Waals surface area contributed by atoms with Crippen LogP contribution in [0.2, 0.25) is 5.02 Å². The highest BCUT2D eigenvalue weighted by Crippen LogP contribution is 2.30. The number of ether oxygens (including phenoxy) is 1. The smallest absolute Gasteiger partial charge is 0.0850 e. The van der Waals surface area contributed by atoms with Crippen LogP contribution in [0.1, 0.15) is 30.1 Å². The van der Waals surface area contributed by atoms with Crippen molar-refractivity contribution in [3.05, 3.63) is 34.3 Å². The maximum atomic E-state index is 9.55. The number of aliphatic hydroxyl groups excluding tert-OH is 1. The molecule has 1 heterocycles. The Morgan fingerprint density at radius 1 is 1.47 bits per heavy atom. The van der Waals surface area contributed by atoms with Crippen LogP contribution in [0.5, 0.6) is 0 Å². The van der Waals surface area contributed by atoms with Crippen molar-refractivity contribution < 1.29 is 9.84 Å². The lowest BCUT2D eigenvalue weighted by Crippen LogP contribution is -2.23. The van der Waals surface area contributed by atoms with E-state index in [4.69, 9.17) is 16.3 Å². The van der Waals surface area contributed by atoms with Crippen LogP contribution in [-0.4, -0.2) is 17.8 Å². The first-order chi connectivity index (χ1) is 7.16. The Bertz CT molecular complexity index is 351. The van der Waals surface area contributed by atoms with Gasteiger partial charge in [0.15, 0.2) is 0 Å². The van der Waals surface area contributed by atoms with Gasteiger partial charge < -0.3 is 9.84 Å². The first-order valence-corrected chi connectivity index (χ1v) is 5.60. The van der Waals surface area contributed by atoms with Crippen molar-refractivity contribution in [2.75, 3.05) is 6.61 Å². The van der Waals surface area contributed by atoms with Gasteiger partial charge in [-0.25, -0.2) is 0 Å². The van der Waals surface area contributed by atoms with Gasteiger partial charge in [0.1, 0.15) is 0 Å². The van der Waals surface area contributed by atoms with Crippen molar-refractivity contribution in [1.29, 1.82) is 0 Å². The van der Waals surface area contributed by atoms with Crippen molar-refractivity contribution >= 4 is 11.6 Å². The van der Waals surface area contributed by atoms with Crippen LogP contribution in [0, 0.1) is 6.92 Å². The van der Waals surface area contributed by atoms with E-state index in [-0.39, 0.29) is 12.2 Å². The van der Waals surface area contributed by atoms with E-state index in [9.17, 15) is 5.11 Å². The molecule has 0 aromatic heterocycles. The van der Waals surface area contributed by atoms with E-state index in [1.54, 1.807) is 0 Å². The summed E-state index contributed by atoms with van der Waals surface area (Å²) in [6.07, 6.45) is 1.14. The molecule has 1 saturated heterocycles. The topological polar surface area (TPSA) is 29.5 Å². The molecule has 0 radical (unpaired) electrons. The molecule has 3 heteroatoms. The lowest BCUT2D eigenvalue weighted by Gasteiger charge is -2.27. The van der Waals surface area contributed by atoms with Crippen LogP contribution >= 0.6 is 11.6 Å². The lowest BCUT2D eigenvalue weighted by atomic mass is 9.99. The second kappa shape index (κ2) is 4.52. The second-order valence-electron chi connectivity index (χ2n) is 4.05. The quantitative estimate of drug-likeness (QED) is 0.798. The Labute approximate surface area is 94.8 Å². The van der Waals surface area contributed by atoms with E-state index in [0.717, 1.165) is 22.6 Å². The Balaban J connectivity index is 2.18. The monoisotopic (exact) mass is 226 g/mol. The third-order valence-corrected chi connectivity index (χ3v) is 3.23. The van der Waals surface area contributed by atoms with Gasteiger partial charge in [0.2, 0.25) is 0 Å². The Kier molecular flexibility index (Phi) is 3.29. The maximum Gasteiger partial charge on any atom is 0.0850 e. The van der Waals surface area contributed by atoms with E-state index in [1.165, 1.54) is 0 Å². The van der Waals surface area contributed by atoms with Crippen molar-refractivity contribution in [1.82, 2.24) is 0 Å². The summed E-state index contributed by atoms with van der Waals surface area (Å²) in [5.41, 5.74) is 2.13. The molecular weight excluding hydrogens is 212 g/mol.